The first-order valence-electron chi connectivity index (χ1n) is 4.58. The van der Waals surface area contributed by atoms with E-state index in [1.807, 2.05) is 0 Å². The molecule has 1 aromatic rings. The molecule has 0 aliphatic heterocycles. The Morgan fingerprint density at radius 3 is 2.56 bits per heavy atom. The van der Waals surface area contributed by atoms with Crippen LogP contribution in [0.3, 0.4) is 0 Å². The quantitative estimate of drug-likeness (QED) is 0.565. The Kier molecular flexibility index (Phi) is 3.70. The summed E-state index contributed by atoms with van der Waals surface area (Å²) in [4.78, 5) is 10.6. The van der Waals surface area contributed by atoms with Gasteiger partial charge in [0.15, 0.2) is 11.5 Å². The first kappa shape index (κ1) is 12.3. The van der Waals surface area contributed by atoms with Crippen LogP contribution in [0.25, 0.3) is 0 Å². The van der Waals surface area contributed by atoms with Crippen molar-refractivity contribution in [3.8, 4) is 11.5 Å². The fourth-order valence-electron chi connectivity index (χ4n) is 1.26. The largest absolute Gasteiger partial charge is 0.504 e. The van der Waals surface area contributed by atoms with Crippen LogP contribution in [0.5, 0.6) is 11.5 Å². The number of hydrogen-bond donors (Lipinski definition) is 4. The lowest BCUT2D eigenvalue weighted by Gasteiger charge is -2.17. The highest BCUT2D eigenvalue weighted by Crippen LogP contribution is 2.28. The van der Waals surface area contributed by atoms with Crippen LogP contribution in [-0.4, -0.2) is 29.3 Å². The maximum absolute atomic E-state index is 10.6. The molecule has 0 bridgehead atoms. The number of phenolic OH excluding ortho intramolecular Hbond substituents is 1. The lowest BCUT2D eigenvalue weighted by Crippen LogP contribution is -2.40. The van der Waals surface area contributed by atoms with E-state index < -0.39 is 18.1 Å². The third kappa shape index (κ3) is 2.41. The molecule has 0 aromatic heterocycles. The van der Waals surface area contributed by atoms with E-state index in [9.17, 15) is 9.90 Å². The summed E-state index contributed by atoms with van der Waals surface area (Å²) >= 11 is 0. The molecule has 16 heavy (non-hydrogen) atoms. The minimum Gasteiger partial charge on any atom is -0.504 e. The predicted molar refractivity (Wildman–Crippen MR) is 57.2 cm³/mol. The minimum absolute atomic E-state index is 0.0395. The van der Waals surface area contributed by atoms with Crippen LogP contribution in [0, 0.1) is 0 Å². The highest BCUT2D eigenvalue weighted by Gasteiger charge is 2.22. The molecule has 6 heteroatoms. The van der Waals surface area contributed by atoms with Crippen LogP contribution in [0.1, 0.15) is 11.6 Å². The van der Waals surface area contributed by atoms with Gasteiger partial charge in [-0.3, -0.25) is 4.79 Å². The summed E-state index contributed by atoms with van der Waals surface area (Å²) in [5, 5.41) is 18.1. The molecule has 0 heterocycles. The summed E-state index contributed by atoms with van der Waals surface area (Å²) in [5.41, 5.74) is 11.6. The van der Waals surface area contributed by atoms with E-state index in [0.29, 0.717) is 5.56 Å². The number of carboxylic acid groups (broad SMARTS) is 1. The molecule has 6 nitrogen and oxygen atoms in total. The fraction of sp³-hybridized carbons (Fsp3) is 0.300. The minimum atomic E-state index is -1.20. The molecule has 0 aliphatic carbocycles. The molecule has 6 N–H and O–H groups in total. The van der Waals surface area contributed by atoms with Gasteiger partial charge in [0.05, 0.1) is 13.2 Å². The summed E-state index contributed by atoms with van der Waals surface area (Å²) in [6.45, 7) is 0. The number of hydrogen-bond acceptors (Lipinski definition) is 5. The van der Waals surface area contributed by atoms with Crippen molar-refractivity contribution in [2.24, 2.45) is 11.5 Å². The number of ether oxygens (including phenoxy) is 1. The summed E-state index contributed by atoms with van der Waals surface area (Å²) in [5.74, 6) is -0.993. The highest BCUT2D eigenvalue weighted by molar-refractivity contribution is 5.74. The second kappa shape index (κ2) is 4.82. The number of methoxy groups -OCH3 is 1. The van der Waals surface area contributed by atoms with E-state index in [2.05, 4.69) is 0 Å². The number of carboxylic acids is 1. The highest BCUT2D eigenvalue weighted by atomic mass is 16.5. The van der Waals surface area contributed by atoms with Crippen molar-refractivity contribution in [1.29, 1.82) is 0 Å². The van der Waals surface area contributed by atoms with Gasteiger partial charge in [0.25, 0.3) is 0 Å². The summed E-state index contributed by atoms with van der Waals surface area (Å²) in [6.07, 6.45) is 0. The fourth-order valence-corrected chi connectivity index (χ4v) is 1.26. The standard InChI is InChI=1S/C10H14N2O4/c1-16-7-4-5(2-3-6(7)13)8(11)9(12)10(14)15/h2-4,8-9,13H,11-12H2,1H3,(H,14,15). The van der Waals surface area contributed by atoms with Gasteiger partial charge in [-0.15, -0.1) is 0 Å². The number of nitrogens with two attached hydrogens (primary N) is 2. The molecule has 0 aliphatic rings. The lowest BCUT2D eigenvalue weighted by molar-refractivity contribution is -0.139. The first-order valence-corrected chi connectivity index (χ1v) is 4.58. The van der Waals surface area contributed by atoms with Crippen LogP contribution < -0.4 is 16.2 Å². The molecule has 1 rings (SSSR count). The van der Waals surface area contributed by atoms with Crippen molar-refractivity contribution in [3.05, 3.63) is 23.8 Å². The van der Waals surface area contributed by atoms with Gasteiger partial charge in [-0.05, 0) is 17.7 Å². The zero-order valence-electron chi connectivity index (χ0n) is 8.75. The number of rotatable bonds is 4. The van der Waals surface area contributed by atoms with Gasteiger partial charge in [0.1, 0.15) is 6.04 Å². The molecular weight excluding hydrogens is 212 g/mol. The molecule has 0 radical (unpaired) electrons. The van der Waals surface area contributed by atoms with Crippen molar-refractivity contribution in [1.82, 2.24) is 0 Å². The van der Waals surface area contributed by atoms with Crippen molar-refractivity contribution in [3.63, 3.8) is 0 Å². The van der Waals surface area contributed by atoms with Gasteiger partial charge in [-0.1, -0.05) is 6.07 Å². The monoisotopic (exact) mass is 226 g/mol. The average Bonchev–Trinajstić information content (AvgIpc) is 2.27. The number of phenols is 1. The van der Waals surface area contributed by atoms with Gasteiger partial charge in [0, 0.05) is 0 Å². The Hall–Kier alpha value is -1.79. The van der Waals surface area contributed by atoms with Crippen molar-refractivity contribution >= 4 is 5.97 Å². The molecule has 0 spiro atoms. The maximum atomic E-state index is 10.6. The van der Waals surface area contributed by atoms with Gasteiger partial charge in [-0.25, -0.2) is 0 Å². The number of carbonyl (C=O) groups is 1. The number of benzene rings is 1. The molecule has 0 fully saturated rings. The van der Waals surface area contributed by atoms with E-state index in [4.69, 9.17) is 21.3 Å². The van der Waals surface area contributed by atoms with Crippen molar-refractivity contribution in [2.75, 3.05) is 7.11 Å². The lowest BCUT2D eigenvalue weighted by atomic mass is 10.0. The topological polar surface area (TPSA) is 119 Å². The van der Waals surface area contributed by atoms with Crippen LogP contribution in [0.4, 0.5) is 0 Å². The molecule has 2 unspecified atom stereocenters. The maximum Gasteiger partial charge on any atom is 0.322 e. The second-order valence-corrected chi connectivity index (χ2v) is 3.32. The SMILES string of the molecule is COc1cc(C(N)C(N)C(=O)O)ccc1O. The van der Waals surface area contributed by atoms with Gasteiger partial charge >= 0.3 is 5.97 Å². The van der Waals surface area contributed by atoms with Crippen LogP contribution >= 0.6 is 0 Å². The predicted octanol–water partition coefficient (Wildman–Crippen LogP) is -0.187. The van der Waals surface area contributed by atoms with Gasteiger partial charge in [0.2, 0.25) is 0 Å². The Bertz CT molecular complexity index is 394. The number of aliphatic carboxylic acids is 1. The van der Waals surface area contributed by atoms with E-state index >= 15 is 0 Å². The average molecular weight is 226 g/mol. The zero-order valence-corrected chi connectivity index (χ0v) is 8.75. The molecular formula is C10H14N2O4. The van der Waals surface area contributed by atoms with Crippen LogP contribution in [0.2, 0.25) is 0 Å². The molecule has 88 valence electrons. The van der Waals surface area contributed by atoms with E-state index in [1.165, 1.54) is 25.3 Å². The van der Waals surface area contributed by atoms with E-state index in [1.54, 1.807) is 0 Å². The zero-order chi connectivity index (χ0) is 12.3. The summed E-state index contributed by atoms with van der Waals surface area (Å²) < 4.78 is 4.88. The second-order valence-electron chi connectivity index (χ2n) is 3.32. The van der Waals surface area contributed by atoms with Crippen LogP contribution in [0.15, 0.2) is 18.2 Å². The van der Waals surface area contributed by atoms with Crippen molar-refractivity contribution < 1.29 is 19.7 Å². The summed E-state index contributed by atoms with van der Waals surface area (Å²) in [6, 6.07) is 2.29. The molecule has 1 aromatic carbocycles. The Balaban J connectivity index is 3.00. The van der Waals surface area contributed by atoms with Crippen LogP contribution in [-0.2, 0) is 4.79 Å². The molecule has 0 saturated heterocycles. The van der Waals surface area contributed by atoms with Gasteiger partial charge < -0.3 is 26.4 Å². The van der Waals surface area contributed by atoms with Crippen molar-refractivity contribution in [2.45, 2.75) is 12.1 Å². The van der Waals surface area contributed by atoms with E-state index in [-0.39, 0.29) is 11.5 Å². The smallest absolute Gasteiger partial charge is 0.322 e. The number of aromatic hydroxyl groups is 1. The summed E-state index contributed by atoms with van der Waals surface area (Å²) in [7, 11) is 1.39. The Morgan fingerprint density at radius 2 is 2.06 bits per heavy atom. The Labute approximate surface area is 92.4 Å². The third-order valence-corrected chi connectivity index (χ3v) is 2.26. The van der Waals surface area contributed by atoms with Gasteiger partial charge in [-0.2, -0.15) is 0 Å². The van der Waals surface area contributed by atoms with E-state index in [0.717, 1.165) is 0 Å². The molecule has 0 saturated carbocycles. The third-order valence-electron chi connectivity index (χ3n) is 2.26. The molecule has 0 amide bonds. The normalized spacial score (nSPS) is 14.2. The molecule has 2 atom stereocenters. The Morgan fingerprint density at radius 1 is 1.44 bits per heavy atom. The first-order chi connectivity index (χ1) is 7.47.